The van der Waals surface area contributed by atoms with Crippen LogP contribution in [0.15, 0.2) is 23.1 Å². The Bertz CT molecular complexity index is 564. The highest BCUT2D eigenvalue weighted by Crippen LogP contribution is 2.26. The zero-order valence-corrected chi connectivity index (χ0v) is 10.6. The lowest BCUT2D eigenvalue weighted by atomic mass is 10.0. The Morgan fingerprint density at radius 1 is 1.42 bits per heavy atom. The highest BCUT2D eigenvalue weighted by Gasteiger charge is 2.33. The molecule has 2 rings (SSSR count). The Kier molecular flexibility index (Phi) is 3.69. The third kappa shape index (κ3) is 2.83. The van der Waals surface area contributed by atoms with Gasteiger partial charge in [-0.15, -0.1) is 0 Å². The molecule has 2 unspecified atom stereocenters. The van der Waals surface area contributed by atoms with E-state index < -0.39 is 17.8 Å². The number of nitrogens with one attached hydrogen (secondary N) is 1. The average molecular weight is 264 g/mol. The second-order valence-electron chi connectivity index (χ2n) is 4.82. The topological polar surface area (TPSA) is 88.4 Å². The maximum absolute atomic E-state index is 12.0. The van der Waals surface area contributed by atoms with Gasteiger partial charge in [-0.2, -0.15) is 0 Å². The average Bonchev–Trinajstić information content (AvgIpc) is 2.80. The Hall–Kier alpha value is -2.11. The van der Waals surface area contributed by atoms with Gasteiger partial charge in [-0.25, -0.2) is 0 Å². The molecule has 1 saturated carbocycles. The number of amides is 1. The molecule has 0 bridgehead atoms. The summed E-state index contributed by atoms with van der Waals surface area (Å²) in [5, 5.41) is 11.7. The number of aliphatic carboxylic acids is 1. The van der Waals surface area contributed by atoms with Crippen LogP contribution in [0.5, 0.6) is 0 Å². The molecular weight excluding hydrogens is 248 g/mol. The number of hydrogen-bond donors (Lipinski definition) is 2. The third-order valence-electron chi connectivity index (χ3n) is 3.52. The van der Waals surface area contributed by atoms with Crippen LogP contribution in [0.25, 0.3) is 0 Å². The first kappa shape index (κ1) is 13.3. The number of aromatic nitrogens is 1. The van der Waals surface area contributed by atoms with Crippen molar-refractivity contribution < 1.29 is 14.7 Å². The van der Waals surface area contributed by atoms with Gasteiger partial charge in [0.05, 0.1) is 5.92 Å². The zero-order valence-electron chi connectivity index (χ0n) is 10.6. The standard InChI is InChI=1S/C13H16N2O4/c1-15-6-5-8(7-11(15)16)12(17)14-10-4-2-3-9(10)13(18)19/h5-7,9-10H,2-4H2,1H3,(H,14,17)(H,18,19). The van der Waals surface area contributed by atoms with Crippen molar-refractivity contribution in [3.63, 3.8) is 0 Å². The Morgan fingerprint density at radius 2 is 2.16 bits per heavy atom. The van der Waals surface area contributed by atoms with E-state index in [-0.39, 0.29) is 17.2 Å². The molecule has 19 heavy (non-hydrogen) atoms. The summed E-state index contributed by atoms with van der Waals surface area (Å²) in [4.78, 5) is 34.4. The molecule has 0 spiro atoms. The summed E-state index contributed by atoms with van der Waals surface area (Å²) >= 11 is 0. The molecule has 1 heterocycles. The molecule has 1 fully saturated rings. The fourth-order valence-corrected chi connectivity index (χ4v) is 2.37. The summed E-state index contributed by atoms with van der Waals surface area (Å²) in [5.74, 6) is -1.81. The lowest BCUT2D eigenvalue weighted by Gasteiger charge is -2.17. The SMILES string of the molecule is Cn1ccc(C(=O)NC2CCCC2C(=O)O)cc1=O. The molecule has 1 amide bonds. The van der Waals surface area contributed by atoms with Crippen molar-refractivity contribution >= 4 is 11.9 Å². The van der Waals surface area contributed by atoms with Gasteiger partial charge in [0.15, 0.2) is 0 Å². The third-order valence-corrected chi connectivity index (χ3v) is 3.52. The zero-order chi connectivity index (χ0) is 14.0. The molecule has 1 aromatic rings. The van der Waals surface area contributed by atoms with E-state index >= 15 is 0 Å². The van der Waals surface area contributed by atoms with Gasteiger partial charge in [-0.05, 0) is 18.9 Å². The Morgan fingerprint density at radius 3 is 2.79 bits per heavy atom. The number of aryl methyl sites for hydroxylation is 1. The summed E-state index contributed by atoms with van der Waals surface area (Å²) in [6, 6.07) is 2.44. The van der Waals surface area contributed by atoms with Crippen LogP contribution in [-0.4, -0.2) is 27.6 Å². The van der Waals surface area contributed by atoms with Gasteiger partial charge >= 0.3 is 5.97 Å². The molecule has 1 aliphatic carbocycles. The molecule has 0 radical (unpaired) electrons. The fourth-order valence-electron chi connectivity index (χ4n) is 2.37. The van der Waals surface area contributed by atoms with Crippen LogP contribution < -0.4 is 10.9 Å². The van der Waals surface area contributed by atoms with E-state index in [9.17, 15) is 14.4 Å². The highest BCUT2D eigenvalue weighted by molar-refractivity contribution is 5.94. The van der Waals surface area contributed by atoms with Crippen molar-refractivity contribution in [2.75, 3.05) is 0 Å². The molecule has 2 atom stereocenters. The number of hydrogen-bond acceptors (Lipinski definition) is 3. The van der Waals surface area contributed by atoms with E-state index in [0.717, 1.165) is 6.42 Å². The first-order valence-electron chi connectivity index (χ1n) is 6.19. The summed E-state index contributed by atoms with van der Waals surface area (Å²) in [5.41, 5.74) is -0.00649. The molecular formula is C13H16N2O4. The lowest BCUT2D eigenvalue weighted by Crippen LogP contribution is -2.40. The summed E-state index contributed by atoms with van der Waals surface area (Å²) < 4.78 is 1.37. The molecule has 0 aliphatic heterocycles. The van der Waals surface area contributed by atoms with Crippen LogP contribution in [0.4, 0.5) is 0 Å². The van der Waals surface area contributed by atoms with Crippen LogP contribution in [0.2, 0.25) is 0 Å². The smallest absolute Gasteiger partial charge is 0.308 e. The number of nitrogens with zero attached hydrogens (tertiary/aromatic N) is 1. The maximum atomic E-state index is 12.0. The van der Waals surface area contributed by atoms with E-state index in [1.165, 1.54) is 16.8 Å². The Balaban J connectivity index is 2.10. The van der Waals surface area contributed by atoms with E-state index in [4.69, 9.17) is 5.11 Å². The normalized spacial score (nSPS) is 22.2. The van der Waals surface area contributed by atoms with Crippen LogP contribution in [-0.2, 0) is 11.8 Å². The largest absolute Gasteiger partial charge is 0.481 e. The summed E-state index contributed by atoms with van der Waals surface area (Å²) in [6.45, 7) is 0. The van der Waals surface area contributed by atoms with Crippen molar-refractivity contribution in [1.82, 2.24) is 9.88 Å². The van der Waals surface area contributed by atoms with Gasteiger partial charge in [0.2, 0.25) is 0 Å². The molecule has 1 aliphatic rings. The van der Waals surface area contributed by atoms with Crippen LogP contribution in [0, 0.1) is 5.92 Å². The predicted molar refractivity (Wildman–Crippen MR) is 67.9 cm³/mol. The number of carbonyl (C=O) groups is 2. The first-order valence-corrected chi connectivity index (χ1v) is 6.19. The molecule has 2 N–H and O–H groups in total. The first-order chi connectivity index (χ1) is 8.99. The summed E-state index contributed by atoms with van der Waals surface area (Å²) in [7, 11) is 1.60. The number of carboxylic acid groups (broad SMARTS) is 1. The van der Waals surface area contributed by atoms with Gasteiger partial charge in [0.25, 0.3) is 11.5 Å². The molecule has 0 saturated heterocycles. The fraction of sp³-hybridized carbons (Fsp3) is 0.462. The van der Waals surface area contributed by atoms with Crippen LogP contribution in [0.1, 0.15) is 29.6 Å². The molecule has 6 heteroatoms. The molecule has 0 aromatic carbocycles. The van der Waals surface area contributed by atoms with E-state index in [1.54, 1.807) is 13.1 Å². The quantitative estimate of drug-likeness (QED) is 0.825. The van der Waals surface area contributed by atoms with E-state index in [0.29, 0.717) is 12.8 Å². The molecule has 6 nitrogen and oxygen atoms in total. The molecule has 1 aromatic heterocycles. The van der Waals surface area contributed by atoms with E-state index in [2.05, 4.69) is 5.32 Å². The second kappa shape index (κ2) is 5.26. The molecule has 102 valence electrons. The van der Waals surface area contributed by atoms with Gasteiger partial charge in [0.1, 0.15) is 0 Å². The number of carboxylic acids is 1. The highest BCUT2D eigenvalue weighted by atomic mass is 16.4. The van der Waals surface area contributed by atoms with Gasteiger partial charge in [-0.3, -0.25) is 14.4 Å². The van der Waals surface area contributed by atoms with Gasteiger partial charge in [0, 0.05) is 30.9 Å². The van der Waals surface area contributed by atoms with Crippen molar-refractivity contribution in [1.29, 1.82) is 0 Å². The van der Waals surface area contributed by atoms with Crippen molar-refractivity contribution in [2.24, 2.45) is 13.0 Å². The van der Waals surface area contributed by atoms with Crippen LogP contribution >= 0.6 is 0 Å². The van der Waals surface area contributed by atoms with Gasteiger partial charge < -0.3 is 15.0 Å². The van der Waals surface area contributed by atoms with Crippen molar-refractivity contribution in [3.05, 3.63) is 34.2 Å². The summed E-state index contributed by atoms with van der Waals surface area (Å²) in [6.07, 6.45) is 3.55. The van der Waals surface area contributed by atoms with Crippen LogP contribution in [0.3, 0.4) is 0 Å². The number of carbonyl (C=O) groups excluding carboxylic acids is 1. The van der Waals surface area contributed by atoms with Crippen molar-refractivity contribution in [3.8, 4) is 0 Å². The maximum Gasteiger partial charge on any atom is 0.308 e. The number of pyridine rings is 1. The Labute approximate surface area is 110 Å². The monoisotopic (exact) mass is 264 g/mol. The van der Waals surface area contributed by atoms with E-state index in [1.807, 2.05) is 0 Å². The minimum absolute atomic E-state index is 0.263. The second-order valence-corrected chi connectivity index (χ2v) is 4.82. The van der Waals surface area contributed by atoms with Crippen molar-refractivity contribution in [2.45, 2.75) is 25.3 Å². The van der Waals surface area contributed by atoms with Gasteiger partial charge in [-0.1, -0.05) is 6.42 Å². The minimum Gasteiger partial charge on any atom is -0.481 e. The number of rotatable bonds is 3. The predicted octanol–water partition coefficient (Wildman–Crippen LogP) is 0.368. The minimum atomic E-state index is -0.883. The lowest BCUT2D eigenvalue weighted by molar-refractivity contribution is -0.142.